The van der Waals surface area contributed by atoms with Crippen LogP contribution in [0.2, 0.25) is 5.02 Å². The van der Waals surface area contributed by atoms with Crippen LogP contribution in [-0.4, -0.2) is 16.6 Å². The van der Waals surface area contributed by atoms with Gasteiger partial charge in [-0.05, 0) is 30.5 Å². The van der Waals surface area contributed by atoms with Crippen LogP contribution in [0.15, 0.2) is 24.3 Å². The number of hydrogen-bond acceptors (Lipinski definition) is 3. The zero-order valence-electron chi connectivity index (χ0n) is 11.1. The second-order valence-electron chi connectivity index (χ2n) is 5.29. The van der Waals surface area contributed by atoms with Crippen LogP contribution in [0.3, 0.4) is 0 Å². The van der Waals surface area contributed by atoms with Crippen molar-refractivity contribution in [2.45, 2.75) is 43.7 Å². The van der Waals surface area contributed by atoms with Gasteiger partial charge in [-0.25, -0.2) is 0 Å². The minimum atomic E-state index is -0.904. The van der Waals surface area contributed by atoms with E-state index in [4.69, 9.17) is 11.6 Å². The lowest BCUT2D eigenvalue weighted by Crippen LogP contribution is -2.36. The maximum atomic E-state index is 12.0. The van der Waals surface area contributed by atoms with Crippen molar-refractivity contribution >= 4 is 17.5 Å². The Morgan fingerprint density at radius 1 is 1.50 bits per heavy atom. The van der Waals surface area contributed by atoms with E-state index < -0.39 is 11.6 Å². The summed E-state index contributed by atoms with van der Waals surface area (Å²) in [6.45, 7) is 0. The highest BCUT2D eigenvalue weighted by Gasteiger charge is 2.33. The number of halogens is 1. The summed E-state index contributed by atoms with van der Waals surface area (Å²) in [6.07, 6.45) is 3.23. The smallest absolute Gasteiger partial charge is 0.224 e. The molecule has 1 unspecified atom stereocenters. The first-order valence-corrected chi connectivity index (χ1v) is 7.07. The van der Waals surface area contributed by atoms with Gasteiger partial charge in [0.15, 0.2) is 0 Å². The van der Waals surface area contributed by atoms with Crippen molar-refractivity contribution < 1.29 is 9.90 Å². The molecule has 0 spiro atoms. The molecule has 1 aromatic carbocycles. The molecule has 1 aliphatic rings. The molecule has 20 heavy (non-hydrogen) atoms. The Morgan fingerprint density at radius 2 is 2.20 bits per heavy atom. The monoisotopic (exact) mass is 292 g/mol. The molecule has 0 aromatic heterocycles. The van der Waals surface area contributed by atoms with Crippen LogP contribution < -0.4 is 5.32 Å². The molecule has 1 aliphatic carbocycles. The summed E-state index contributed by atoms with van der Waals surface area (Å²) >= 11 is 5.88. The van der Waals surface area contributed by atoms with Crippen molar-refractivity contribution in [3.63, 3.8) is 0 Å². The van der Waals surface area contributed by atoms with Gasteiger partial charge in [-0.3, -0.25) is 4.79 Å². The third-order valence-corrected chi connectivity index (χ3v) is 3.88. The average molecular weight is 293 g/mol. The van der Waals surface area contributed by atoms with E-state index in [2.05, 4.69) is 5.32 Å². The first-order valence-electron chi connectivity index (χ1n) is 6.69. The van der Waals surface area contributed by atoms with Crippen molar-refractivity contribution in [3.8, 4) is 6.07 Å². The van der Waals surface area contributed by atoms with E-state index in [1.165, 1.54) is 0 Å². The minimum Gasteiger partial charge on any atom is -0.389 e. The predicted octanol–water partition coefficient (Wildman–Crippen LogP) is 2.72. The van der Waals surface area contributed by atoms with E-state index in [-0.39, 0.29) is 12.3 Å². The van der Waals surface area contributed by atoms with Crippen molar-refractivity contribution in [1.82, 2.24) is 5.32 Å². The topological polar surface area (TPSA) is 73.1 Å². The highest BCUT2D eigenvalue weighted by molar-refractivity contribution is 6.30. The van der Waals surface area contributed by atoms with E-state index in [1.807, 2.05) is 6.07 Å². The number of carbonyl (C=O) groups excluding carboxylic acids is 1. The Hall–Kier alpha value is -1.57. The summed E-state index contributed by atoms with van der Waals surface area (Å²) in [5.41, 5.74) is -0.259. The molecule has 4 nitrogen and oxygen atoms in total. The fourth-order valence-electron chi connectivity index (χ4n) is 2.60. The molecule has 0 bridgehead atoms. The Labute approximate surface area is 123 Å². The Morgan fingerprint density at radius 3 is 2.80 bits per heavy atom. The fourth-order valence-corrected chi connectivity index (χ4v) is 2.80. The second-order valence-corrected chi connectivity index (χ2v) is 5.73. The third kappa shape index (κ3) is 3.72. The van der Waals surface area contributed by atoms with Gasteiger partial charge in [-0.1, -0.05) is 36.6 Å². The van der Waals surface area contributed by atoms with E-state index in [0.29, 0.717) is 23.4 Å². The maximum Gasteiger partial charge on any atom is 0.224 e. The second kappa shape index (κ2) is 6.25. The molecule has 5 heteroatoms. The van der Waals surface area contributed by atoms with Gasteiger partial charge in [0.2, 0.25) is 5.91 Å². The number of nitrogens with one attached hydrogen (secondary N) is 1. The fraction of sp³-hybridized carbons (Fsp3) is 0.467. The molecule has 1 fully saturated rings. The van der Waals surface area contributed by atoms with Crippen LogP contribution in [0.1, 0.15) is 43.7 Å². The van der Waals surface area contributed by atoms with Gasteiger partial charge < -0.3 is 10.4 Å². The van der Waals surface area contributed by atoms with E-state index in [0.717, 1.165) is 12.8 Å². The molecule has 2 N–H and O–H groups in total. The summed E-state index contributed by atoms with van der Waals surface area (Å²) in [5.74, 6) is -0.305. The highest BCUT2D eigenvalue weighted by Crippen LogP contribution is 2.32. The van der Waals surface area contributed by atoms with Crippen LogP contribution in [0.25, 0.3) is 0 Å². The molecule has 2 rings (SSSR count). The summed E-state index contributed by atoms with van der Waals surface area (Å²) in [6, 6.07) is 8.14. The molecule has 1 saturated carbocycles. The predicted molar refractivity (Wildman–Crippen MR) is 76.0 cm³/mol. The Bertz CT molecular complexity index is 533. The van der Waals surface area contributed by atoms with Gasteiger partial charge in [0.1, 0.15) is 6.04 Å². The molecule has 0 saturated heterocycles. The lowest BCUT2D eigenvalue weighted by Gasteiger charge is -2.22. The van der Waals surface area contributed by atoms with Gasteiger partial charge in [0, 0.05) is 5.02 Å². The van der Waals surface area contributed by atoms with Gasteiger partial charge in [0.05, 0.1) is 18.1 Å². The van der Waals surface area contributed by atoms with Crippen molar-refractivity contribution in [2.24, 2.45) is 0 Å². The summed E-state index contributed by atoms with van der Waals surface area (Å²) in [5, 5.41) is 22.5. The first-order chi connectivity index (χ1) is 9.52. The quantitative estimate of drug-likeness (QED) is 0.896. The zero-order chi connectivity index (χ0) is 14.6. The lowest BCUT2D eigenvalue weighted by atomic mass is 9.97. The van der Waals surface area contributed by atoms with Crippen LogP contribution in [0.5, 0.6) is 0 Å². The maximum absolute atomic E-state index is 12.0. The normalized spacial score (nSPS) is 18.2. The molecule has 0 radical (unpaired) electrons. The van der Waals surface area contributed by atoms with Crippen molar-refractivity contribution in [2.75, 3.05) is 0 Å². The molecule has 106 valence electrons. The molecule has 1 atom stereocenters. The Balaban J connectivity index is 2.00. The summed E-state index contributed by atoms with van der Waals surface area (Å²) in [7, 11) is 0. The molecule has 1 amide bonds. The number of amides is 1. The Kier molecular flexibility index (Phi) is 4.64. The van der Waals surface area contributed by atoms with Gasteiger partial charge in [-0.15, -0.1) is 0 Å². The molecule has 0 heterocycles. The molecular weight excluding hydrogens is 276 g/mol. The van der Waals surface area contributed by atoms with Gasteiger partial charge >= 0.3 is 0 Å². The van der Waals surface area contributed by atoms with Gasteiger partial charge in [-0.2, -0.15) is 5.26 Å². The molecular formula is C15H17ClN2O2. The average Bonchev–Trinajstić information content (AvgIpc) is 2.82. The van der Waals surface area contributed by atoms with Crippen LogP contribution in [0.4, 0.5) is 0 Å². The third-order valence-electron chi connectivity index (χ3n) is 3.64. The van der Waals surface area contributed by atoms with E-state index >= 15 is 0 Å². The van der Waals surface area contributed by atoms with Crippen molar-refractivity contribution in [3.05, 3.63) is 34.9 Å². The van der Waals surface area contributed by atoms with Gasteiger partial charge in [0.25, 0.3) is 0 Å². The van der Waals surface area contributed by atoms with Crippen LogP contribution in [-0.2, 0) is 4.79 Å². The van der Waals surface area contributed by atoms with E-state index in [1.54, 1.807) is 24.3 Å². The van der Waals surface area contributed by atoms with Crippen LogP contribution in [0, 0.1) is 11.3 Å². The minimum absolute atomic E-state index is 0.0474. The first kappa shape index (κ1) is 14.8. The number of hydrogen-bond donors (Lipinski definition) is 2. The largest absolute Gasteiger partial charge is 0.389 e. The van der Waals surface area contributed by atoms with Crippen molar-refractivity contribution in [1.29, 1.82) is 5.26 Å². The van der Waals surface area contributed by atoms with Crippen LogP contribution >= 0.6 is 11.6 Å². The molecule has 0 aliphatic heterocycles. The van der Waals surface area contributed by atoms with E-state index in [9.17, 15) is 15.2 Å². The lowest BCUT2D eigenvalue weighted by molar-refractivity contribution is -0.126. The molecule has 1 aromatic rings. The number of nitrogens with zero attached hydrogens (tertiary/aromatic N) is 1. The number of benzene rings is 1. The number of nitriles is 1. The summed E-state index contributed by atoms with van der Waals surface area (Å²) in [4.78, 5) is 12.0. The number of aliphatic hydroxyl groups is 1. The zero-order valence-corrected chi connectivity index (χ0v) is 11.9. The highest BCUT2D eigenvalue weighted by atomic mass is 35.5. The number of rotatable bonds is 4. The summed E-state index contributed by atoms with van der Waals surface area (Å²) < 4.78 is 0. The SMILES string of the molecule is N#CC(NC(=O)CC1(O)CCCC1)c1cccc(Cl)c1. The number of carbonyl (C=O) groups is 1. The standard InChI is InChI=1S/C15H17ClN2O2/c16-12-5-3-4-11(8-12)13(10-17)18-14(19)9-15(20)6-1-2-7-15/h3-5,8,13,20H,1-2,6-7,9H2,(H,18,19).